The third-order valence-corrected chi connectivity index (χ3v) is 7.04. The van der Waals surface area contributed by atoms with Crippen molar-refractivity contribution in [2.24, 2.45) is 11.7 Å². The van der Waals surface area contributed by atoms with Gasteiger partial charge in [-0.3, -0.25) is 14.5 Å². The molecule has 142 valence electrons. The minimum atomic E-state index is -0.320. The molecule has 7 heteroatoms. The van der Waals surface area contributed by atoms with Crippen molar-refractivity contribution in [1.82, 2.24) is 9.80 Å². The average Bonchev–Trinajstić information content (AvgIpc) is 3.12. The van der Waals surface area contributed by atoms with Gasteiger partial charge in [0.1, 0.15) is 0 Å². The number of carbonyl (C=O) groups excluding carboxylic acids is 2. The SMILES string of the molecule is NC(=O)CN1CCCC(C(=O)N2CCC3(CC2)OCCc2sccc23)C1. The number of amides is 2. The molecule has 2 amide bonds. The Morgan fingerprint density at radius 3 is 2.88 bits per heavy atom. The molecule has 0 aliphatic carbocycles. The summed E-state index contributed by atoms with van der Waals surface area (Å²) >= 11 is 1.82. The minimum Gasteiger partial charge on any atom is -0.370 e. The largest absolute Gasteiger partial charge is 0.370 e. The van der Waals surface area contributed by atoms with E-state index in [0.717, 1.165) is 58.3 Å². The predicted octanol–water partition coefficient (Wildman–Crippen LogP) is 1.34. The highest BCUT2D eigenvalue weighted by Crippen LogP contribution is 2.43. The summed E-state index contributed by atoms with van der Waals surface area (Å²) in [5.74, 6) is -0.101. The third kappa shape index (κ3) is 3.40. The lowest BCUT2D eigenvalue weighted by molar-refractivity contribution is -0.146. The van der Waals surface area contributed by atoms with Crippen LogP contribution >= 0.6 is 11.3 Å². The van der Waals surface area contributed by atoms with E-state index in [1.54, 1.807) is 0 Å². The number of hydrogen-bond donors (Lipinski definition) is 1. The Kier molecular flexibility index (Phi) is 5.03. The highest BCUT2D eigenvalue weighted by molar-refractivity contribution is 7.10. The molecule has 0 bridgehead atoms. The number of carbonyl (C=O) groups is 2. The van der Waals surface area contributed by atoms with E-state index in [0.29, 0.717) is 6.54 Å². The molecular formula is C19H27N3O3S. The number of fused-ring (bicyclic) bond motifs is 2. The Bertz CT molecular complexity index is 681. The van der Waals surface area contributed by atoms with Gasteiger partial charge in [0.05, 0.1) is 24.7 Å². The molecule has 2 fully saturated rings. The lowest BCUT2D eigenvalue weighted by Gasteiger charge is -2.45. The molecule has 6 nitrogen and oxygen atoms in total. The number of nitrogens with two attached hydrogens (primary N) is 1. The van der Waals surface area contributed by atoms with Crippen LogP contribution < -0.4 is 5.73 Å². The van der Waals surface area contributed by atoms with Gasteiger partial charge in [0.25, 0.3) is 0 Å². The van der Waals surface area contributed by atoms with E-state index < -0.39 is 0 Å². The molecule has 2 saturated heterocycles. The zero-order valence-corrected chi connectivity index (χ0v) is 15.9. The average molecular weight is 378 g/mol. The molecule has 1 unspecified atom stereocenters. The summed E-state index contributed by atoms with van der Waals surface area (Å²) in [6.45, 7) is 4.04. The molecular weight excluding hydrogens is 350 g/mol. The number of thiophene rings is 1. The van der Waals surface area contributed by atoms with Gasteiger partial charge in [-0.1, -0.05) is 0 Å². The number of hydrogen-bond acceptors (Lipinski definition) is 5. The Morgan fingerprint density at radius 1 is 1.31 bits per heavy atom. The number of nitrogens with zero attached hydrogens (tertiary/aromatic N) is 2. The molecule has 3 aliphatic heterocycles. The van der Waals surface area contributed by atoms with Gasteiger partial charge in [0.2, 0.25) is 11.8 Å². The maximum atomic E-state index is 13.0. The lowest BCUT2D eigenvalue weighted by Crippen LogP contribution is -2.52. The quantitative estimate of drug-likeness (QED) is 0.862. The van der Waals surface area contributed by atoms with Crippen molar-refractivity contribution >= 4 is 23.2 Å². The van der Waals surface area contributed by atoms with E-state index in [1.807, 2.05) is 21.1 Å². The number of likely N-dealkylation sites (tertiary alicyclic amines) is 2. The molecule has 2 N–H and O–H groups in total. The molecule has 1 spiro atoms. The number of piperidine rings is 2. The fraction of sp³-hybridized carbons (Fsp3) is 0.684. The molecule has 1 atom stereocenters. The first-order valence-corrected chi connectivity index (χ1v) is 10.5. The van der Waals surface area contributed by atoms with E-state index >= 15 is 0 Å². The van der Waals surface area contributed by atoms with Crippen molar-refractivity contribution in [3.05, 3.63) is 21.9 Å². The normalized spacial score (nSPS) is 25.8. The predicted molar refractivity (Wildman–Crippen MR) is 99.8 cm³/mol. The summed E-state index contributed by atoms with van der Waals surface area (Å²) in [6.07, 6.45) is 4.61. The van der Waals surface area contributed by atoms with E-state index in [4.69, 9.17) is 10.5 Å². The third-order valence-electron chi connectivity index (χ3n) is 6.06. The molecule has 1 aromatic heterocycles. The first-order valence-electron chi connectivity index (χ1n) is 9.58. The van der Waals surface area contributed by atoms with Crippen LogP contribution in [0.5, 0.6) is 0 Å². The van der Waals surface area contributed by atoms with Crippen LogP contribution in [0.2, 0.25) is 0 Å². The Morgan fingerprint density at radius 2 is 2.12 bits per heavy atom. The van der Waals surface area contributed by atoms with Crippen LogP contribution in [0.25, 0.3) is 0 Å². The zero-order chi connectivity index (χ0) is 18.1. The highest BCUT2D eigenvalue weighted by Gasteiger charge is 2.43. The maximum Gasteiger partial charge on any atom is 0.231 e. The smallest absolute Gasteiger partial charge is 0.231 e. The van der Waals surface area contributed by atoms with Crippen molar-refractivity contribution in [1.29, 1.82) is 0 Å². The highest BCUT2D eigenvalue weighted by atomic mass is 32.1. The van der Waals surface area contributed by atoms with Gasteiger partial charge in [0, 0.05) is 30.9 Å². The number of primary amides is 1. The van der Waals surface area contributed by atoms with Gasteiger partial charge in [-0.05, 0) is 49.2 Å². The van der Waals surface area contributed by atoms with Crippen molar-refractivity contribution in [2.45, 2.75) is 37.7 Å². The Hall–Kier alpha value is -1.44. The topological polar surface area (TPSA) is 75.9 Å². The molecule has 4 heterocycles. The van der Waals surface area contributed by atoms with Crippen molar-refractivity contribution in [2.75, 3.05) is 39.3 Å². The van der Waals surface area contributed by atoms with Crippen molar-refractivity contribution in [3.63, 3.8) is 0 Å². The summed E-state index contributed by atoms with van der Waals surface area (Å²) in [7, 11) is 0. The van der Waals surface area contributed by atoms with Crippen LogP contribution in [0.1, 0.15) is 36.1 Å². The van der Waals surface area contributed by atoms with Gasteiger partial charge in [-0.25, -0.2) is 0 Å². The minimum absolute atomic E-state index is 0.0128. The molecule has 0 aromatic carbocycles. The van der Waals surface area contributed by atoms with E-state index in [-0.39, 0.29) is 29.9 Å². The molecule has 3 aliphatic rings. The van der Waals surface area contributed by atoms with E-state index in [9.17, 15) is 9.59 Å². The summed E-state index contributed by atoms with van der Waals surface area (Å²) in [5.41, 5.74) is 6.48. The van der Waals surface area contributed by atoms with Gasteiger partial charge in [-0.15, -0.1) is 11.3 Å². The van der Waals surface area contributed by atoms with Gasteiger partial charge < -0.3 is 15.4 Å². The molecule has 4 rings (SSSR count). The summed E-state index contributed by atoms with van der Waals surface area (Å²) < 4.78 is 6.23. The molecule has 26 heavy (non-hydrogen) atoms. The summed E-state index contributed by atoms with van der Waals surface area (Å²) in [5, 5.41) is 2.16. The zero-order valence-electron chi connectivity index (χ0n) is 15.1. The molecule has 0 radical (unpaired) electrons. The van der Waals surface area contributed by atoms with Gasteiger partial charge in [0.15, 0.2) is 0 Å². The summed E-state index contributed by atoms with van der Waals surface area (Å²) in [4.78, 5) is 29.6. The fourth-order valence-electron chi connectivity index (χ4n) is 4.74. The van der Waals surface area contributed by atoms with Crippen LogP contribution in [-0.4, -0.2) is 60.9 Å². The van der Waals surface area contributed by atoms with E-state index in [1.165, 1.54) is 10.4 Å². The van der Waals surface area contributed by atoms with Gasteiger partial charge in [-0.2, -0.15) is 0 Å². The summed E-state index contributed by atoms with van der Waals surface area (Å²) in [6, 6.07) is 2.21. The number of ether oxygens (including phenoxy) is 1. The van der Waals surface area contributed by atoms with Crippen LogP contribution in [0.3, 0.4) is 0 Å². The van der Waals surface area contributed by atoms with Crippen molar-refractivity contribution < 1.29 is 14.3 Å². The Labute approximate surface area is 158 Å². The molecule has 0 saturated carbocycles. The van der Waals surface area contributed by atoms with Crippen LogP contribution in [0.15, 0.2) is 11.4 Å². The number of rotatable bonds is 3. The van der Waals surface area contributed by atoms with Crippen LogP contribution in [-0.2, 0) is 26.3 Å². The second-order valence-electron chi connectivity index (χ2n) is 7.72. The second kappa shape index (κ2) is 7.29. The fourth-order valence-corrected chi connectivity index (χ4v) is 5.69. The maximum absolute atomic E-state index is 13.0. The van der Waals surface area contributed by atoms with E-state index in [2.05, 4.69) is 11.4 Å². The van der Waals surface area contributed by atoms with Gasteiger partial charge >= 0.3 is 0 Å². The molecule has 1 aromatic rings. The second-order valence-corrected chi connectivity index (χ2v) is 8.72. The Balaban J connectivity index is 1.38. The van der Waals surface area contributed by atoms with Crippen LogP contribution in [0, 0.1) is 5.92 Å². The first-order chi connectivity index (χ1) is 12.6. The standard InChI is InChI=1S/C19H27N3O3S/c20-17(23)13-21-7-1-2-14(12-21)18(24)22-8-5-19(6-9-22)15-4-11-26-16(15)3-10-25-19/h4,11,14H,1-3,5-10,12-13H2,(H2,20,23). The van der Waals surface area contributed by atoms with Crippen molar-refractivity contribution in [3.8, 4) is 0 Å². The van der Waals surface area contributed by atoms with Crippen LogP contribution in [0.4, 0.5) is 0 Å². The first kappa shape index (κ1) is 17.9. The monoisotopic (exact) mass is 377 g/mol. The lowest BCUT2D eigenvalue weighted by atomic mass is 9.82.